The molecule has 114 valence electrons. The summed E-state index contributed by atoms with van der Waals surface area (Å²) in [6, 6.07) is 4.32. The minimum atomic E-state index is 0.497. The van der Waals surface area contributed by atoms with Crippen molar-refractivity contribution in [2.45, 2.75) is 26.2 Å². The molecule has 0 amide bonds. The molecule has 3 aromatic rings. The van der Waals surface area contributed by atoms with Gasteiger partial charge in [0.15, 0.2) is 0 Å². The smallest absolute Gasteiger partial charge is 0.137 e. The number of nitrogens with zero attached hydrogens (tertiary/aromatic N) is 6. The minimum Gasteiger partial charge on any atom is -0.333 e. The second kappa shape index (κ2) is 6.02. The number of imidazole rings is 1. The number of fused-ring (bicyclic) bond motifs is 1. The molecule has 0 fully saturated rings. The second-order valence-electron chi connectivity index (χ2n) is 5.73. The summed E-state index contributed by atoms with van der Waals surface area (Å²) in [6.45, 7) is 4.80. The van der Waals surface area contributed by atoms with E-state index < -0.39 is 0 Å². The van der Waals surface area contributed by atoms with Crippen molar-refractivity contribution >= 4 is 11.3 Å². The van der Waals surface area contributed by atoms with Crippen LogP contribution in [0.4, 0.5) is 0 Å². The van der Waals surface area contributed by atoms with Crippen LogP contribution in [0.5, 0.6) is 0 Å². The zero-order valence-electron chi connectivity index (χ0n) is 12.2. The number of rotatable bonds is 4. The molecule has 1 aliphatic rings. The summed E-state index contributed by atoms with van der Waals surface area (Å²) in [6.07, 6.45) is 7.38. The monoisotopic (exact) mass is 314 g/mol. The summed E-state index contributed by atoms with van der Waals surface area (Å²) in [5.74, 6) is 1.65. The van der Waals surface area contributed by atoms with Crippen LogP contribution in [0.15, 0.2) is 42.6 Å². The molecule has 0 bridgehead atoms. The minimum absolute atomic E-state index is 0.497. The van der Waals surface area contributed by atoms with E-state index in [2.05, 4.69) is 48.2 Å². The van der Waals surface area contributed by atoms with Crippen LogP contribution in [0.1, 0.15) is 10.7 Å². The summed E-state index contributed by atoms with van der Waals surface area (Å²) < 4.78 is 4.20. The van der Waals surface area contributed by atoms with Gasteiger partial charge in [0.05, 0.1) is 6.54 Å². The molecular formula is C15H18N6S. The van der Waals surface area contributed by atoms with Gasteiger partial charge >= 0.3 is 0 Å². The Morgan fingerprint density at radius 3 is 3.14 bits per heavy atom. The highest BCUT2D eigenvalue weighted by Crippen LogP contribution is 2.20. The van der Waals surface area contributed by atoms with Crippen molar-refractivity contribution in [2.75, 3.05) is 6.54 Å². The van der Waals surface area contributed by atoms with Crippen molar-refractivity contribution in [1.29, 1.82) is 0 Å². The van der Waals surface area contributed by atoms with Gasteiger partial charge in [0.2, 0.25) is 0 Å². The van der Waals surface area contributed by atoms with Gasteiger partial charge in [-0.1, -0.05) is 6.07 Å². The van der Waals surface area contributed by atoms with Crippen molar-refractivity contribution in [3.8, 4) is 0 Å². The highest BCUT2D eigenvalue weighted by Gasteiger charge is 2.23. The van der Waals surface area contributed by atoms with Crippen LogP contribution >= 0.6 is 11.3 Å². The van der Waals surface area contributed by atoms with Gasteiger partial charge in [0.1, 0.15) is 18.5 Å². The molecule has 0 saturated carbocycles. The summed E-state index contributed by atoms with van der Waals surface area (Å²) in [7, 11) is 0. The van der Waals surface area contributed by atoms with Crippen LogP contribution in [0, 0.1) is 5.92 Å². The number of hydrogen-bond acceptors (Lipinski definition) is 5. The maximum atomic E-state index is 4.52. The fourth-order valence-corrected chi connectivity index (χ4v) is 3.82. The zero-order chi connectivity index (χ0) is 14.8. The maximum Gasteiger partial charge on any atom is 0.137 e. The molecule has 4 heterocycles. The van der Waals surface area contributed by atoms with Gasteiger partial charge in [-0.05, 0) is 11.4 Å². The molecule has 0 radical (unpaired) electrons. The Labute approximate surface area is 133 Å². The van der Waals surface area contributed by atoms with E-state index in [1.165, 1.54) is 4.88 Å². The molecule has 0 aliphatic carbocycles. The molecule has 0 N–H and O–H groups in total. The van der Waals surface area contributed by atoms with Crippen molar-refractivity contribution in [3.05, 3.63) is 53.3 Å². The first-order valence-electron chi connectivity index (χ1n) is 7.44. The molecule has 0 aromatic carbocycles. The zero-order valence-corrected chi connectivity index (χ0v) is 13.1. The van der Waals surface area contributed by atoms with Crippen molar-refractivity contribution in [1.82, 2.24) is 29.2 Å². The average molecular weight is 314 g/mol. The normalized spacial score (nSPS) is 19.0. The molecule has 3 aromatic heterocycles. The molecule has 7 heteroatoms. The summed E-state index contributed by atoms with van der Waals surface area (Å²) in [5.41, 5.74) is 0. The van der Waals surface area contributed by atoms with Gasteiger partial charge < -0.3 is 4.57 Å². The number of thiophene rings is 1. The summed E-state index contributed by atoms with van der Waals surface area (Å²) >= 11 is 1.82. The summed E-state index contributed by atoms with van der Waals surface area (Å²) in [5, 5.41) is 6.39. The van der Waals surface area contributed by atoms with E-state index in [1.54, 1.807) is 12.7 Å². The Hall–Kier alpha value is -1.99. The van der Waals surface area contributed by atoms with Crippen molar-refractivity contribution in [2.24, 2.45) is 5.92 Å². The fraction of sp³-hybridized carbons (Fsp3) is 0.400. The van der Waals surface area contributed by atoms with Crippen LogP contribution in [0.3, 0.4) is 0 Å². The van der Waals surface area contributed by atoms with E-state index in [-0.39, 0.29) is 0 Å². The first kappa shape index (κ1) is 13.7. The third-order valence-electron chi connectivity index (χ3n) is 4.01. The first-order valence-corrected chi connectivity index (χ1v) is 8.32. The first-order chi connectivity index (χ1) is 10.9. The Bertz CT molecular complexity index is 644. The Morgan fingerprint density at radius 1 is 1.32 bits per heavy atom. The van der Waals surface area contributed by atoms with E-state index in [0.717, 1.165) is 38.5 Å². The largest absolute Gasteiger partial charge is 0.333 e. The number of hydrogen-bond donors (Lipinski definition) is 0. The van der Waals surface area contributed by atoms with Crippen LogP contribution in [-0.2, 0) is 26.2 Å². The molecule has 1 aliphatic heterocycles. The third-order valence-corrected chi connectivity index (χ3v) is 4.87. The van der Waals surface area contributed by atoms with Gasteiger partial charge in [-0.25, -0.2) is 9.97 Å². The molecule has 22 heavy (non-hydrogen) atoms. The van der Waals surface area contributed by atoms with E-state index in [0.29, 0.717) is 5.92 Å². The van der Waals surface area contributed by atoms with Crippen molar-refractivity contribution < 1.29 is 0 Å². The molecular weight excluding hydrogens is 296 g/mol. The molecule has 0 saturated heterocycles. The van der Waals surface area contributed by atoms with E-state index in [9.17, 15) is 0 Å². The molecule has 4 rings (SSSR count). The Morgan fingerprint density at radius 2 is 2.32 bits per heavy atom. The second-order valence-corrected chi connectivity index (χ2v) is 6.76. The average Bonchev–Trinajstić information content (AvgIpc) is 3.22. The molecule has 1 unspecified atom stereocenters. The van der Waals surface area contributed by atoms with Gasteiger partial charge in [0.25, 0.3) is 0 Å². The third kappa shape index (κ3) is 2.95. The molecule has 0 spiro atoms. The van der Waals surface area contributed by atoms with E-state index >= 15 is 0 Å². The lowest BCUT2D eigenvalue weighted by atomic mass is 10.1. The molecule has 6 nitrogen and oxygen atoms in total. The lowest BCUT2D eigenvalue weighted by molar-refractivity contribution is 0.207. The highest BCUT2D eigenvalue weighted by molar-refractivity contribution is 7.09. The van der Waals surface area contributed by atoms with Crippen LogP contribution in [-0.4, -0.2) is 35.8 Å². The van der Waals surface area contributed by atoms with Crippen LogP contribution in [0.25, 0.3) is 0 Å². The Kier molecular flexibility index (Phi) is 3.74. The van der Waals surface area contributed by atoms with Gasteiger partial charge in [-0.15, -0.1) is 11.3 Å². The number of aromatic nitrogens is 5. The summed E-state index contributed by atoms with van der Waals surface area (Å²) in [4.78, 5) is 12.5. The lowest BCUT2D eigenvalue weighted by Crippen LogP contribution is -2.29. The highest BCUT2D eigenvalue weighted by atomic mass is 32.1. The topological polar surface area (TPSA) is 51.8 Å². The predicted molar refractivity (Wildman–Crippen MR) is 84.2 cm³/mol. The van der Waals surface area contributed by atoms with E-state index in [4.69, 9.17) is 0 Å². The van der Waals surface area contributed by atoms with Crippen LogP contribution < -0.4 is 0 Å². The quantitative estimate of drug-likeness (QED) is 0.738. The van der Waals surface area contributed by atoms with Gasteiger partial charge in [-0.3, -0.25) is 9.58 Å². The standard InChI is InChI=1S/C15H18N6S/c1-2-14(22-5-1)9-19-6-13(8-21-12-16-11-18-21)7-20-4-3-17-15(20)10-19/h1-5,11-13H,6-10H2. The van der Waals surface area contributed by atoms with Crippen LogP contribution in [0.2, 0.25) is 0 Å². The predicted octanol–water partition coefficient (Wildman–Crippen LogP) is 1.87. The Balaban J connectivity index is 1.54. The lowest BCUT2D eigenvalue weighted by Gasteiger charge is -2.23. The fourth-order valence-electron chi connectivity index (χ4n) is 3.07. The van der Waals surface area contributed by atoms with Crippen molar-refractivity contribution in [3.63, 3.8) is 0 Å². The SMILES string of the molecule is c1csc(CN2Cc3nccn3CC(Cn3cncn3)C2)c1. The van der Waals surface area contributed by atoms with Gasteiger partial charge in [0, 0.05) is 49.4 Å². The van der Waals surface area contributed by atoms with E-state index in [1.807, 2.05) is 22.2 Å². The maximum absolute atomic E-state index is 4.52. The van der Waals surface area contributed by atoms with Gasteiger partial charge in [-0.2, -0.15) is 5.10 Å². The molecule has 1 atom stereocenters.